The molecule has 0 N–H and O–H groups in total. The number of nitrogens with zero attached hydrogens (tertiary/aromatic N) is 4. The van der Waals surface area contributed by atoms with Crippen molar-refractivity contribution in [3.63, 3.8) is 0 Å². The molecule has 1 heterocycles. The number of tetrazole rings is 1. The molecule has 0 unspecified atom stereocenters. The molecule has 6 nitrogen and oxygen atoms in total. The Hall–Kier alpha value is -2.96. The Morgan fingerprint density at radius 1 is 0.957 bits per heavy atom. The number of halogens is 1. The predicted molar refractivity (Wildman–Crippen MR) is 81.2 cm³/mol. The first-order valence-electron chi connectivity index (χ1n) is 7.16. The van der Waals surface area contributed by atoms with Gasteiger partial charge in [0.25, 0.3) is 0 Å². The van der Waals surface area contributed by atoms with E-state index < -0.39 is 0 Å². The SMILES string of the molecule is Fc1ccc(OCCCOc2cccc(-n3cnnn3)c2)cc1. The monoisotopic (exact) mass is 314 g/mol. The highest BCUT2D eigenvalue weighted by Crippen LogP contribution is 2.16. The van der Waals surface area contributed by atoms with E-state index in [4.69, 9.17) is 9.47 Å². The lowest BCUT2D eigenvalue weighted by Gasteiger charge is -2.09. The van der Waals surface area contributed by atoms with Crippen LogP contribution < -0.4 is 9.47 Å². The molecular weight excluding hydrogens is 299 g/mol. The van der Waals surface area contributed by atoms with Crippen molar-refractivity contribution in [1.29, 1.82) is 0 Å². The summed E-state index contributed by atoms with van der Waals surface area (Å²) in [6, 6.07) is 13.4. The van der Waals surface area contributed by atoms with E-state index in [1.807, 2.05) is 24.3 Å². The maximum Gasteiger partial charge on any atom is 0.143 e. The van der Waals surface area contributed by atoms with Crippen LogP contribution >= 0.6 is 0 Å². The minimum absolute atomic E-state index is 0.275. The summed E-state index contributed by atoms with van der Waals surface area (Å²) in [7, 11) is 0. The van der Waals surface area contributed by atoms with Crippen LogP contribution in [0.2, 0.25) is 0 Å². The van der Waals surface area contributed by atoms with Crippen molar-refractivity contribution in [2.75, 3.05) is 13.2 Å². The molecule has 0 aliphatic rings. The van der Waals surface area contributed by atoms with E-state index in [-0.39, 0.29) is 5.82 Å². The van der Waals surface area contributed by atoms with E-state index in [2.05, 4.69) is 15.5 Å². The summed E-state index contributed by atoms with van der Waals surface area (Å²) in [6.45, 7) is 1.01. The van der Waals surface area contributed by atoms with Crippen LogP contribution in [-0.4, -0.2) is 33.4 Å². The van der Waals surface area contributed by atoms with E-state index in [1.165, 1.54) is 18.5 Å². The molecule has 2 aromatic carbocycles. The summed E-state index contributed by atoms with van der Waals surface area (Å²) in [5.74, 6) is 1.11. The fraction of sp³-hybridized carbons (Fsp3) is 0.188. The van der Waals surface area contributed by atoms with Crippen LogP contribution in [0.4, 0.5) is 4.39 Å². The number of rotatable bonds is 7. The number of hydrogen-bond acceptors (Lipinski definition) is 5. The molecule has 0 amide bonds. The first-order chi connectivity index (χ1) is 11.3. The van der Waals surface area contributed by atoms with Crippen LogP contribution in [0.5, 0.6) is 11.5 Å². The second kappa shape index (κ2) is 7.35. The van der Waals surface area contributed by atoms with Gasteiger partial charge in [-0.25, -0.2) is 9.07 Å². The number of ether oxygens (including phenoxy) is 2. The van der Waals surface area contributed by atoms with Gasteiger partial charge in [-0.3, -0.25) is 0 Å². The fourth-order valence-electron chi connectivity index (χ4n) is 1.97. The van der Waals surface area contributed by atoms with Gasteiger partial charge in [-0.15, -0.1) is 5.10 Å². The van der Waals surface area contributed by atoms with Gasteiger partial charge in [0, 0.05) is 12.5 Å². The normalized spacial score (nSPS) is 10.5. The average Bonchev–Trinajstić information content (AvgIpc) is 3.11. The van der Waals surface area contributed by atoms with Gasteiger partial charge in [0.2, 0.25) is 0 Å². The Labute approximate surface area is 132 Å². The topological polar surface area (TPSA) is 62.1 Å². The smallest absolute Gasteiger partial charge is 0.143 e. The lowest BCUT2D eigenvalue weighted by atomic mass is 10.3. The first-order valence-corrected chi connectivity index (χ1v) is 7.16. The van der Waals surface area contributed by atoms with Crippen LogP contribution in [0, 0.1) is 5.82 Å². The van der Waals surface area contributed by atoms with Crippen molar-refractivity contribution in [2.45, 2.75) is 6.42 Å². The van der Waals surface area contributed by atoms with Crippen molar-refractivity contribution in [3.05, 3.63) is 60.7 Å². The van der Waals surface area contributed by atoms with E-state index in [0.29, 0.717) is 25.4 Å². The van der Waals surface area contributed by atoms with E-state index in [1.54, 1.807) is 16.8 Å². The van der Waals surface area contributed by atoms with Gasteiger partial charge in [-0.05, 0) is 46.8 Å². The van der Waals surface area contributed by atoms with E-state index in [0.717, 1.165) is 11.4 Å². The Morgan fingerprint density at radius 3 is 2.48 bits per heavy atom. The highest BCUT2D eigenvalue weighted by molar-refractivity contribution is 5.37. The van der Waals surface area contributed by atoms with Gasteiger partial charge in [0.1, 0.15) is 23.6 Å². The Balaban J connectivity index is 1.44. The highest BCUT2D eigenvalue weighted by Gasteiger charge is 2.01. The fourth-order valence-corrected chi connectivity index (χ4v) is 1.97. The van der Waals surface area contributed by atoms with Crippen molar-refractivity contribution in [3.8, 4) is 17.2 Å². The second-order valence-electron chi connectivity index (χ2n) is 4.76. The molecule has 0 spiro atoms. The molecule has 0 atom stereocenters. The van der Waals surface area contributed by atoms with Crippen LogP contribution in [0.1, 0.15) is 6.42 Å². The van der Waals surface area contributed by atoms with Gasteiger partial charge in [0.05, 0.1) is 18.9 Å². The number of aromatic nitrogens is 4. The lowest BCUT2D eigenvalue weighted by Crippen LogP contribution is -2.05. The first kappa shape index (κ1) is 15.0. The summed E-state index contributed by atoms with van der Waals surface area (Å²) in [5.41, 5.74) is 0.829. The maximum atomic E-state index is 12.8. The average molecular weight is 314 g/mol. The van der Waals surface area contributed by atoms with Crippen LogP contribution in [-0.2, 0) is 0 Å². The molecule has 118 valence electrons. The van der Waals surface area contributed by atoms with Gasteiger partial charge >= 0.3 is 0 Å². The molecule has 0 saturated heterocycles. The molecule has 0 aliphatic carbocycles. The van der Waals surface area contributed by atoms with Crippen LogP contribution in [0.3, 0.4) is 0 Å². The largest absolute Gasteiger partial charge is 0.493 e. The minimum Gasteiger partial charge on any atom is -0.493 e. The van der Waals surface area contributed by atoms with Gasteiger partial charge in [-0.1, -0.05) is 6.07 Å². The third-order valence-electron chi connectivity index (χ3n) is 3.07. The molecular formula is C16H15FN4O2. The quantitative estimate of drug-likeness (QED) is 0.627. The summed E-state index contributed by atoms with van der Waals surface area (Å²) >= 11 is 0. The van der Waals surface area contributed by atoms with Gasteiger partial charge in [0.15, 0.2) is 0 Å². The predicted octanol–water partition coefficient (Wildman–Crippen LogP) is 2.65. The van der Waals surface area contributed by atoms with Gasteiger partial charge in [-0.2, -0.15) is 0 Å². The molecule has 0 saturated carbocycles. The molecule has 3 aromatic rings. The van der Waals surface area contributed by atoms with Crippen molar-refractivity contribution in [2.24, 2.45) is 0 Å². The molecule has 1 aromatic heterocycles. The molecule has 3 rings (SSSR count). The number of hydrogen-bond donors (Lipinski definition) is 0. The molecule has 7 heteroatoms. The molecule has 0 bridgehead atoms. The zero-order chi connectivity index (χ0) is 15.9. The molecule has 0 radical (unpaired) electrons. The standard InChI is InChI=1S/C16H15FN4O2/c17-13-5-7-15(8-6-13)22-9-2-10-23-16-4-1-3-14(11-16)21-12-18-19-20-21/h1,3-8,11-12H,2,9-10H2. The van der Waals surface area contributed by atoms with E-state index in [9.17, 15) is 4.39 Å². The summed E-state index contributed by atoms with van der Waals surface area (Å²) in [6.07, 6.45) is 2.24. The Bertz CT molecular complexity index is 732. The lowest BCUT2D eigenvalue weighted by molar-refractivity contribution is 0.247. The summed E-state index contributed by atoms with van der Waals surface area (Å²) < 4.78 is 25.5. The summed E-state index contributed by atoms with van der Waals surface area (Å²) in [4.78, 5) is 0. The maximum absolute atomic E-state index is 12.8. The molecule has 0 fully saturated rings. The van der Waals surface area contributed by atoms with Crippen LogP contribution in [0.15, 0.2) is 54.9 Å². The zero-order valence-electron chi connectivity index (χ0n) is 12.3. The Kier molecular flexibility index (Phi) is 4.78. The van der Waals surface area contributed by atoms with Gasteiger partial charge < -0.3 is 9.47 Å². The Morgan fingerprint density at radius 2 is 1.74 bits per heavy atom. The zero-order valence-corrected chi connectivity index (χ0v) is 12.3. The summed E-state index contributed by atoms with van der Waals surface area (Å²) in [5, 5.41) is 11.0. The third kappa shape index (κ3) is 4.26. The third-order valence-corrected chi connectivity index (χ3v) is 3.07. The second-order valence-corrected chi connectivity index (χ2v) is 4.76. The highest BCUT2D eigenvalue weighted by atomic mass is 19.1. The van der Waals surface area contributed by atoms with E-state index >= 15 is 0 Å². The van der Waals surface area contributed by atoms with Crippen molar-refractivity contribution < 1.29 is 13.9 Å². The minimum atomic E-state index is -0.275. The van der Waals surface area contributed by atoms with Crippen LogP contribution in [0.25, 0.3) is 5.69 Å². The van der Waals surface area contributed by atoms with Crippen molar-refractivity contribution in [1.82, 2.24) is 20.2 Å². The van der Waals surface area contributed by atoms with Crippen molar-refractivity contribution >= 4 is 0 Å². The number of benzene rings is 2. The molecule has 0 aliphatic heterocycles. The molecule has 23 heavy (non-hydrogen) atoms.